The van der Waals surface area contributed by atoms with Gasteiger partial charge in [-0.15, -0.1) is 10.2 Å². The second kappa shape index (κ2) is 8.53. The number of anilines is 1. The second-order valence-corrected chi connectivity index (χ2v) is 7.22. The summed E-state index contributed by atoms with van der Waals surface area (Å²) in [4.78, 5) is 16.6. The third-order valence-electron chi connectivity index (χ3n) is 4.80. The maximum Gasteiger partial charge on any atom is 0.263 e. The highest BCUT2D eigenvalue weighted by Crippen LogP contribution is 2.21. The number of carbonyl (C=O) groups excluding carboxylic acids is 1. The summed E-state index contributed by atoms with van der Waals surface area (Å²) < 4.78 is 11.1. The molecule has 1 fully saturated rings. The molecule has 150 valence electrons. The fourth-order valence-electron chi connectivity index (χ4n) is 3.26. The van der Waals surface area contributed by atoms with E-state index in [1.165, 1.54) is 0 Å². The fraction of sp³-hybridized carbons (Fsp3) is 0.286. The molecule has 1 atom stereocenters. The Morgan fingerprint density at radius 1 is 1.10 bits per heavy atom. The molecule has 0 saturated carbocycles. The molecule has 2 aromatic heterocycles. The first-order valence-electron chi connectivity index (χ1n) is 9.44. The number of ether oxygens (including phenoxy) is 1. The van der Waals surface area contributed by atoms with Gasteiger partial charge < -0.3 is 19.0 Å². The molecule has 3 heterocycles. The Labute approximate surface area is 173 Å². The van der Waals surface area contributed by atoms with Gasteiger partial charge in [-0.1, -0.05) is 17.7 Å². The normalized spacial score (nSPS) is 15.2. The number of hydrogen-bond acceptors (Lipinski definition) is 6. The molecule has 1 aromatic carbocycles. The zero-order valence-corrected chi connectivity index (χ0v) is 16.7. The van der Waals surface area contributed by atoms with Gasteiger partial charge in [-0.2, -0.15) is 0 Å². The molecular formula is C21H21ClN4O3. The van der Waals surface area contributed by atoms with E-state index in [9.17, 15) is 4.79 Å². The summed E-state index contributed by atoms with van der Waals surface area (Å²) in [5.74, 6) is 2.02. The van der Waals surface area contributed by atoms with E-state index in [1.54, 1.807) is 37.5 Å². The summed E-state index contributed by atoms with van der Waals surface area (Å²) in [5.41, 5.74) is 0.694. The van der Waals surface area contributed by atoms with E-state index >= 15 is 0 Å². The molecule has 0 bridgehead atoms. The lowest BCUT2D eigenvalue weighted by atomic mass is 10.2. The van der Waals surface area contributed by atoms with Gasteiger partial charge in [0.25, 0.3) is 5.91 Å². The standard InChI is InChI=1S/C21H21ClN4O3/c1-15(29-17-5-2-4-16(22)14-17)21(27)26-11-9-25(10-12-26)20-8-7-18(23-24-20)19-6-3-13-28-19/h2-8,13-15H,9-12H2,1H3. The SMILES string of the molecule is CC(Oc1cccc(Cl)c1)C(=O)N1CCN(c2ccc(-c3ccco3)nn2)CC1. The van der Waals surface area contributed by atoms with E-state index < -0.39 is 6.10 Å². The van der Waals surface area contributed by atoms with Gasteiger partial charge in [0, 0.05) is 31.2 Å². The van der Waals surface area contributed by atoms with E-state index in [1.807, 2.05) is 29.2 Å². The van der Waals surface area contributed by atoms with Crippen LogP contribution in [0.4, 0.5) is 5.82 Å². The topological polar surface area (TPSA) is 71.7 Å². The van der Waals surface area contributed by atoms with E-state index in [4.69, 9.17) is 20.8 Å². The number of furan rings is 1. The zero-order chi connectivity index (χ0) is 20.2. The van der Waals surface area contributed by atoms with Crippen LogP contribution in [0.1, 0.15) is 6.92 Å². The van der Waals surface area contributed by atoms with Crippen LogP contribution in [0.15, 0.2) is 59.2 Å². The first-order chi connectivity index (χ1) is 14.1. The number of carbonyl (C=O) groups is 1. The van der Waals surface area contributed by atoms with Crippen molar-refractivity contribution in [1.82, 2.24) is 15.1 Å². The Hall–Kier alpha value is -3.06. The largest absolute Gasteiger partial charge is 0.481 e. The molecule has 1 amide bonds. The van der Waals surface area contributed by atoms with Crippen molar-refractivity contribution in [1.29, 1.82) is 0 Å². The quantitative estimate of drug-likeness (QED) is 0.638. The molecule has 1 aliphatic heterocycles. The van der Waals surface area contributed by atoms with Crippen LogP contribution in [-0.2, 0) is 4.79 Å². The van der Waals surface area contributed by atoms with Crippen molar-refractivity contribution in [3.8, 4) is 17.2 Å². The average molecular weight is 413 g/mol. The van der Waals surface area contributed by atoms with Crippen molar-refractivity contribution < 1.29 is 13.9 Å². The van der Waals surface area contributed by atoms with Gasteiger partial charge in [-0.25, -0.2) is 0 Å². The van der Waals surface area contributed by atoms with E-state index in [0.717, 1.165) is 5.82 Å². The van der Waals surface area contributed by atoms with Gasteiger partial charge >= 0.3 is 0 Å². The van der Waals surface area contributed by atoms with E-state index in [2.05, 4.69) is 15.1 Å². The van der Waals surface area contributed by atoms with Crippen LogP contribution < -0.4 is 9.64 Å². The van der Waals surface area contributed by atoms with Gasteiger partial charge in [-0.3, -0.25) is 4.79 Å². The number of aromatic nitrogens is 2. The lowest BCUT2D eigenvalue weighted by Crippen LogP contribution is -2.52. The van der Waals surface area contributed by atoms with Crippen molar-refractivity contribution >= 4 is 23.3 Å². The number of amides is 1. The molecule has 7 nitrogen and oxygen atoms in total. The minimum atomic E-state index is -0.576. The third kappa shape index (κ3) is 4.51. The van der Waals surface area contributed by atoms with Crippen molar-refractivity contribution in [2.45, 2.75) is 13.0 Å². The third-order valence-corrected chi connectivity index (χ3v) is 5.03. The molecule has 0 spiro atoms. The molecule has 1 aliphatic rings. The van der Waals surface area contributed by atoms with Gasteiger partial charge in [0.05, 0.1) is 6.26 Å². The number of nitrogens with zero attached hydrogens (tertiary/aromatic N) is 4. The van der Waals surface area contributed by atoms with E-state index in [0.29, 0.717) is 48.4 Å². The van der Waals surface area contributed by atoms with Gasteiger partial charge in [0.1, 0.15) is 11.4 Å². The van der Waals surface area contributed by atoms with Crippen LogP contribution in [-0.4, -0.2) is 53.3 Å². The molecule has 1 saturated heterocycles. The van der Waals surface area contributed by atoms with Crippen molar-refractivity contribution in [3.63, 3.8) is 0 Å². The highest BCUT2D eigenvalue weighted by atomic mass is 35.5. The number of halogens is 1. The average Bonchev–Trinajstić information content (AvgIpc) is 3.28. The van der Waals surface area contributed by atoms with Crippen molar-refractivity contribution in [3.05, 3.63) is 59.8 Å². The molecule has 4 rings (SSSR count). The Kier molecular flexibility index (Phi) is 5.67. The van der Waals surface area contributed by atoms with E-state index in [-0.39, 0.29) is 5.91 Å². The maximum absolute atomic E-state index is 12.7. The van der Waals surface area contributed by atoms with Crippen LogP contribution in [0.2, 0.25) is 5.02 Å². The lowest BCUT2D eigenvalue weighted by Gasteiger charge is -2.36. The monoisotopic (exact) mass is 412 g/mol. The second-order valence-electron chi connectivity index (χ2n) is 6.78. The smallest absolute Gasteiger partial charge is 0.263 e. The van der Waals surface area contributed by atoms with Gasteiger partial charge in [0.2, 0.25) is 0 Å². The van der Waals surface area contributed by atoms with Crippen LogP contribution in [0, 0.1) is 0 Å². The Morgan fingerprint density at radius 3 is 2.59 bits per heavy atom. The minimum Gasteiger partial charge on any atom is -0.481 e. The van der Waals surface area contributed by atoms with Crippen LogP contribution in [0.3, 0.4) is 0 Å². The number of piperazine rings is 1. The summed E-state index contributed by atoms with van der Waals surface area (Å²) in [7, 11) is 0. The number of rotatable bonds is 5. The highest BCUT2D eigenvalue weighted by molar-refractivity contribution is 6.30. The summed E-state index contributed by atoms with van der Waals surface area (Å²) in [6.07, 6.45) is 1.03. The maximum atomic E-state index is 12.7. The summed E-state index contributed by atoms with van der Waals surface area (Å²) in [5, 5.41) is 9.12. The number of benzene rings is 1. The molecule has 0 N–H and O–H groups in total. The predicted molar refractivity (Wildman–Crippen MR) is 110 cm³/mol. The molecule has 3 aromatic rings. The Balaban J connectivity index is 1.32. The first-order valence-corrected chi connectivity index (χ1v) is 9.81. The van der Waals surface area contributed by atoms with Gasteiger partial charge in [0.15, 0.2) is 17.7 Å². The van der Waals surface area contributed by atoms with Crippen LogP contribution >= 0.6 is 11.6 Å². The van der Waals surface area contributed by atoms with Crippen LogP contribution in [0.25, 0.3) is 11.5 Å². The lowest BCUT2D eigenvalue weighted by molar-refractivity contribution is -0.138. The summed E-state index contributed by atoms with van der Waals surface area (Å²) >= 11 is 5.97. The van der Waals surface area contributed by atoms with Gasteiger partial charge in [-0.05, 0) is 49.4 Å². The fourth-order valence-corrected chi connectivity index (χ4v) is 3.44. The molecule has 0 aliphatic carbocycles. The Morgan fingerprint density at radius 2 is 1.93 bits per heavy atom. The zero-order valence-electron chi connectivity index (χ0n) is 16.0. The molecular weight excluding hydrogens is 392 g/mol. The predicted octanol–water partition coefficient (Wildman–Crippen LogP) is 3.51. The summed E-state index contributed by atoms with van der Waals surface area (Å²) in [6, 6.07) is 14.5. The minimum absolute atomic E-state index is 0.0381. The first kappa shape index (κ1) is 19.3. The van der Waals surface area contributed by atoms with Crippen molar-refractivity contribution in [2.24, 2.45) is 0 Å². The summed E-state index contributed by atoms with van der Waals surface area (Å²) in [6.45, 7) is 4.33. The Bertz CT molecular complexity index is 954. The molecule has 29 heavy (non-hydrogen) atoms. The highest BCUT2D eigenvalue weighted by Gasteiger charge is 2.26. The molecule has 8 heteroatoms. The molecule has 1 unspecified atom stereocenters. The number of hydrogen-bond donors (Lipinski definition) is 0. The molecule has 0 radical (unpaired) electrons. The van der Waals surface area contributed by atoms with Crippen molar-refractivity contribution in [2.75, 3.05) is 31.1 Å². The van der Waals surface area contributed by atoms with Crippen LogP contribution in [0.5, 0.6) is 5.75 Å².